The molecule has 1 aliphatic carbocycles. The van der Waals surface area contributed by atoms with Crippen molar-refractivity contribution in [1.29, 1.82) is 0 Å². The van der Waals surface area contributed by atoms with Crippen LogP contribution in [-0.2, 0) is 4.79 Å². The third-order valence-corrected chi connectivity index (χ3v) is 4.27. The van der Waals surface area contributed by atoms with Crippen LogP contribution in [0.5, 0.6) is 0 Å². The lowest BCUT2D eigenvalue weighted by molar-refractivity contribution is -0.133. The van der Waals surface area contributed by atoms with E-state index in [0.717, 1.165) is 23.3 Å². The van der Waals surface area contributed by atoms with E-state index in [1.165, 1.54) is 24.6 Å². The molecule has 1 saturated carbocycles. The van der Waals surface area contributed by atoms with Crippen molar-refractivity contribution in [1.82, 2.24) is 14.8 Å². The highest BCUT2D eigenvalue weighted by molar-refractivity contribution is 7.99. The minimum atomic E-state index is -0.819. The molecule has 1 aromatic rings. The zero-order chi connectivity index (χ0) is 14.0. The van der Waals surface area contributed by atoms with E-state index in [1.807, 2.05) is 0 Å². The molecule has 0 spiro atoms. The summed E-state index contributed by atoms with van der Waals surface area (Å²) in [6.45, 7) is 6.37. The van der Waals surface area contributed by atoms with Gasteiger partial charge in [-0.05, 0) is 19.3 Å². The van der Waals surface area contributed by atoms with E-state index in [-0.39, 0.29) is 5.75 Å². The minimum absolute atomic E-state index is 0.0341. The molecule has 1 N–H and O–H groups in total. The largest absolute Gasteiger partial charge is 0.481 e. The molecule has 1 unspecified atom stereocenters. The predicted octanol–water partition coefficient (Wildman–Crippen LogP) is 2.94. The van der Waals surface area contributed by atoms with Crippen LogP contribution in [0.4, 0.5) is 0 Å². The third kappa shape index (κ3) is 3.72. The van der Waals surface area contributed by atoms with Crippen molar-refractivity contribution in [3.8, 4) is 0 Å². The van der Waals surface area contributed by atoms with Gasteiger partial charge in [0.2, 0.25) is 0 Å². The second kappa shape index (κ2) is 5.94. The maximum atomic E-state index is 10.7. The Morgan fingerprint density at radius 3 is 2.63 bits per heavy atom. The number of carbonyl (C=O) groups is 1. The minimum Gasteiger partial charge on any atom is -0.481 e. The van der Waals surface area contributed by atoms with Gasteiger partial charge in [-0.15, -0.1) is 10.2 Å². The molecule has 1 heterocycles. The Bertz CT molecular complexity index is 455. The van der Waals surface area contributed by atoms with Crippen LogP contribution in [0, 0.1) is 5.92 Å². The monoisotopic (exact) mass is 283 g/mol. The first kappa shape index (κ1) is 14.4. The van der Waals surface area contributed by atoms with Crippen LogP contribution in [0.1, 0.15) is 57.8 Å². The van der Waals surface area contributed by atoms with Crippen LogP contribution in [0.25, 0.3) is 0 Å². The molecule has 0 saturated heterocycles. The van der Waals surface area contributed by atoms with E-state index < -0.39 is 5.97 Å². The Hall–Kier alpha value is -1.04. The molecule has 106 valence electrons. The van der Waals surface area contributed by atoms with Gasteiger partial charge in [0.15, 0.2) is 5.16 Å². The van der Waals surface area contributed by atoms with Gasteiger partial charge in [-0.1, -0.05) is 38.5 Å². The first-order chi connectivity index (χ1) is 8.99. The summed E-state index contributed by atoms with van der Waals surface area (Å²) in [7, 11) is 0. The number of rotatable bonds is 7. The van der Waals surface area contributed by atoms with E-state index in [4.69, 9.17) is 5.11 Å². The fraction of sp³-hybridized carbons (Fsp3) is 0.769. The Labute approximate surface area is 117 Å². The van der Waals surface area contributed by atoms with Gasteiger partial charge in [0.25, 0.3) is 0 Å². The lowest BCUT2D eigenvalue weighted by Gasteiger charge is -2.19. The molecule has 1 fully saturated rings. The molecular weight excluding hydrogens is 262 g/mol. The SMILES string of the molecule is CC(C)c1nnc(SCC(=O)O)n1C(C)CC1CC1. The molecule has 19 heavy (non-hydrogen) atoms. The van der Waals surface area contributed by atoms with Gasteiger partial charge in [0.05, 0.1) is 5.75 Å². The number of hydrogen-bond donors (Lipinski definition) is 1. The third-order valence-electron chi connectivity index (χ3n) is 3.34. The van der Waals surface area contributed by atoms with Gasteiger partial charge < -0.3 is 9.67 Å². The smallest absolute Gasteiger partial charge is 0.313 e. The first-order valence-corrected chi connectivity index (χ1v) is 7.77. The van der Waals surface area contributed by atoms with Crippen molar-refractivity contribution in [2.75, 3.05) is 5.75 Å². The fourth-order valence-corrected chi connectivity index (χ4v) is 3.03. The van der Waals surface area contributed by atoms with Crippen LogP contribution in [0.2, 0.25) is 0 Å². The quantitative estimate of drug-likeness (QED) is 0.779. The molecule has 5 nitrogen and oxygen atoms in total. The Balaban J connectivity index is 2.18. The Morgan fingerprint density at radius 2 is 2.11 bits per heavy atom. The van der Waals surface area contributed by atoms with Crippen molar-refractivity contribution < 1.29 is 9.90 Å². The van der Waals surface area contributed by atoms with Gasteiger partial charge >= 0.3 is 5.97 Å². The van der Waals surface area contributed by atoms with Crippen LogP contribution in [-0.4, -0.2) is 31.6 Å². The van der Waals surface area contributed by atoms with Crippen LogP contribution >= 0.6 is 11.8 Å². The van der Waals surface area contributed by atoms with Crippen molar-refractivity contribution in [2.45, 2.75) is 57.1 Å². The summed E-state index contributed by atoms with van der Waals surface area (Å²) in [5.41, 5.74) is 0. The molecule has 0 radical (unpaired) electrons. The second-order valence-corrected chi connectivity index (χ2v) is 6.52. The number of aromatic nitrogens is 3. The summed E-state index contributed by atoms with van der Waals surface area (Å²) < 4.78 is 2.14. The predicted molar refractivity (Wildman–Crippen MR) is 74.5 cm³/mol. The molecule has 6 heteroatoms. The topological polar surface area (TPSA) is 68.0 Å². The summed E-state index contributed by atoms with van der Waals surface area (Å²) in [5, 5.41) is 17.9. The van der Waals surface area contributed by atoms with Gasteiger partial charge in [-0.25, -0.2) is 0 Å². The maximum absolute atomic E-state index is 10.7. The first-order valence-electron chi connectivity index (χ1n) is 6.78. The molecule has 1 atom stereocenters. The van der Waals surface area contributed by atoms with Gasteiger partial charge in [0, 0.05) is 12.0 Å². The van der Waals surface area contributed by atoms with E-state index in [1.54, 1.807) is 0 Å². The standard InChI is InChI=1S/C13H21N3O2S/c1-8(2)12-14-15-13(19-7-11(17)18)16(12)9(3)6-10-4-5-10/h8-10H,4-7H2,1-3H3,(H,17,18). The van der Waals surface area contributed by atoms with E-state index >= 15 is 0 Å². The van der Waals surface area contributed by atoms with Crippen molar-refractivity contribution in [3.63, 3.8) is 0 Å². The molecule has 0 aliphatic heterocycles. The molecule has 0 aromatic carbocycles. The molecule has 0 amide bonds. The number of nitrogens with zero attached hydrogens (tertiary/aromatic N) is 3. The highest BCUT2D eigenvalue weighted by atomic mass is 32.2. The fourth-order valence-electron chi connectivity index (χ4n) is 2.26. The van der Waals surface area contributed by atoms with Crippen molar-refractivity contribution in [3.05, 3.63) is 5.82 Å². The lowest BCUT2D eigenvalue weighted by Crippen LogP contribution is -2.13. The molecule has 2 rings (SSSR count). The summed E-state index contributed by atoms with van der Waals surface area (Å²) in [6.07, 6.45) is 3.78. The summed E-state index contributed by atoms with van der Waals surface area (Å²) in [6, 6.07) is 0.344. The number of carboxylic acid groups (broad SMARTS) is 1. The molecule has 0 bridgehead atoms. The van der Waals surface area contributed by atoms with E-state index in [9.17, 15) is 4.79 Å². The number of thioether (sulfide) groups is 1. The average Bonchev–Trinajstić information content (AvgIpc) is 3.02. The zero-order valence-electron chi connectivity index (χ0n) is 11.7. The van der Waals surface area contributed by atoms with Gasteiger partial charge in [0.1, 0.15) is 5.82 Å². The number of hydrogen-bond acceptors (Lipinski definition) is 4. The number of carboxylic acids is 1. The van der Waals surface area contributed by atoms with Crippen molar-refractivity contribution in [2.24, 2.45) is 5.92 Å². The number of aliphatic carboxylic acids is 1. The van der Waals surface area contributed by atoms with Gasteiger partial charge in [-0.2, -0.15) is 0 Å². The van der Waals surface area contributed by atoms with Gasteiger partial charge in [-0.3, -0.25) is 4.79 Å². The Morgan fingerprint density at radius 1 is 1.42 bits per heavy atom. The lowest BCUT2D eigenvalue weighted by atomic mass is 10.1. The van der Waals surface area contributed by atoms with Crippen LogP contribution < -0.4 is 0 Å². The molecule has 1 aliphatic rings. The normalized spacial score (nSPS) is 16.8. The van der Waals surface area contributed by atoms with Crippen LogP contribution in [0.3, 0.4) is 0 Å². The highest BCUT2D eigenvalue weighted by Gasteiger charge is 2.27. The van der Waals surface area contributed by atoms with Crippen LogP contribution in [0.15, 0.2) is 5.16 Å². The van der Waals surface area contributed by atoms with Crippen molar-refractivity contribution >= 4 is 17.7 Å². The molecule has 1 aromatic heterocycles. The Kier molecular flexibility index (Phi) is 4.50. The average molecular weight is 283 g/mol. The highest BCUT2D eigenvalue weighted by Crippen LogP contribution is 2.38. The second-order valence-electron chi connectivity index (χ2n) is 5.58. The summed E-state index contributed by atoms with van der Waals surface area (Å²) in [4.78, 5) is 10.7. The van der Waals surface area contributed by atoms with E-state index in [0.29, 0.717) is 12.0 Å². The molecular formula is C13H21N3O2S. The van der Waals surface area contributed by atoms with E-state index in [2.05, 4.69) is 35.5 Å². The summed E-state index contributed by atoms with van der Waals surface area (Å²) >= 11 is 1.26. The zero-order valence-corrected chi connectivity index (χ0v) is 12.5. The summed E-state index contributed by atoms with van der Waals surface area (Å²) in [5.74, 6) is 1.30. The maximum Gasteiger partial charge on any atom is 0.313 e.